The molecule has 0 saturated heterocycles. The lowest BCUT2D eigenvalue weighted by Crippen LogP contribution is -2.28. The highest BCUT2D eigenvalue weighted by Gasteiger charge is 2.47. The summed E-state index contributed by atoms with van der Waals surface area (Å²) in [6.45, 7) is 0. The molecule has 1 nitrogen and oxygen atoms in total. The highest BCUT2D eigenvalue weighted by molar-refractivity contribution is 6.09. The number of anilines is 3. The third kappa shape index (κ3) is 6.70. The van der Waals surface area contributed by atoms with E-state index >= 15 is 0 Å². The summed E-state index contributed by atoms with van der Waals surface area (Å²) < 4.78 is 0. The molecule has 0 aliphatic heterocycles. The Kier molecular flexibility index (Phi) is 10.1. The second kappa shape index (κ2) is 17.2. The average Bonchev–Trinajstić information content (AvgIpc) is 3.75. The van der Waals surface area contributed by atoms with Crippen LogP contribution in [0.5, 0.6) is 0 Å². The van der Waals surface area contributed by atoms with Gasteiger partial charge in [-0.25, -0.2) is 0 Å². The van der Waals surface area contributed by atoms with Crippen LogP contribution < -0.4 is 4.90 Å². The van der Waals surface area contributed by atoms with E-state index in [1.165, 1.54) is 93.9 Å². The first-order valence-corrected chi connectivity index (χ1v) is 24.3. The Morgan fingerprint density at radius 3 is 1.44 bits per heavy atom. The van der Waals surface area contributed by atoms with Gasteiger partial charge in [-0.05, 0) is 119 Å². The van der Waals surface area contributed by atoms with E-state index in [0.29, 0.717) is 0 Å². The van der Waals surface area contributed by atoms with Crippen LogP contribution in [0, 0.1) is 0 Å². The van der Waals surface area contributed by atoms with Gasteiger partial charge in [-0.1, -0.05) is 255 Å². The Balaban J connectivity index is 1.09. The Morgan fingerprint density at radius 1 is 0.257 bits per heavy atom. The molecule has 328 valence electrons. The van der Waals surface area contributed by atoms with Crippen LogP contribution in [0.1, 0.15) is 22.3 Å². The summed E-state index contributed by atoms with van der Waals surface area (Å²) in [6, 6.07) is 105. The molecule has 0 spiro atoms. The summed E-state index contributed by atoms with van der Waals surface area (Å²) >= 11 is 0. The zero-order chi connectivity index (χ0) is 46.4. The zero-order valence-corrected chi connectivity index (χ0v) is 38.6. The summed E-state index contributed by atoms with van der Waals surface area (Å²) in [5, 5.41) is 5.04. The van der Waals surface area contributed by atoms with Gasteiger partial charge in [-0.2, -0.15) is 0 Å². The second-order valence-electron chi connectivity index (χ2n) is 18.3. The smallest absolute Gasteiger partial charge is 0.0714 e. The molecule has 0 fully saturated rings. The Hall–Kier alpha value is -9.04. The van der Waals surface area contributed by atoms with Crippen molar-refractivity contribution in [2.45, 2.75) is 5.41 Å². The maximum Gasteiger partial charge on any atom is 0.0714 e. The molecule has 1 aliphatic carbocycles. The van der Waals surface area contributed by atoms with Crippen molar-refractivity contribution in [1.29, 1.82) is 0 Å². The number of nitrogens with zero attached hydrogens (tertiary/aromatic N) is 1. The fourth-order valence-corrected chi connectivity index (χ4v) is 11.5. The van der Waals surface area contributed by atoms with Crippen molar-refractivity contribution < 1.29 is 0 Å². The first-order chi connectivity index (χ1) is 34.8. The molecule has 0 unspecified atom stereocenters. The van der Waals surface area contributed by atoms with Gasteiger partial charge in [0.15, 0.2) is 0 Å². The molecule has 0 N–H and O–H groups in total. The minimum absolute atomic E-state index is 0.560. The molecular formula is C69H47N. The molecule has 70 heavy (non-hydrogen) atoms. The fourth-order valence-electron chi connectivity index (χ4n) is 11.5. The molecule has 0 saturated carbocycles. The third-order valence-corrected chi connectivity index (χ3v) is 14.6. The van der Waals surface area contributed by atoms with Crippen molar-refractivity contribution in [3.63, 3.8) is 0 Å². The van der Waals surface area contributed by atoms with Crippen LogP contribution in [0.25, 0.3) is 77.2 Å². The van der Waals surface area contributed by atoms with Crippen LogP contribution in [0.4, 0.5) is 17.1 Å². The minimum atomic E-state index is -0.560. The average molecular weight is 890 g/mol. The van der Waals surface area contributed by atoms with E-state index in [1.807, 2.05) is 0 Å². The van der Waals surface area contributed by atoms with Gasteiger partial charge in [-0.3, -0.25) is 0 Å². The maximum absolute atomic E-state index is 2.54. The maximum atomic E-state index is 2.54. The molecule has 0 radical (unpaired) electrons. The quantitative estimate of drug-likeness (QED) is 0.131. The van der Waals surface area contributed by atoms with Gasteiger partial charge in [0.2, 0.25) is 0 Å². The molecule has 0 atom stereocenters. The predicted octanol–water partition coefficient (Wildman–Crippen LogP) is 18.5. The van der Waals surface area contributed by atoms with Crippen LogP contribution >= 0.6 is 0 Å². The van der Waals surface area contributed by atoms with Crippen molar-refractivity contribution >= 4 is 38.6 Å². The lowest BCUT2D eigenvalue weighted by atomic mass is 9.68. The first kappa shape index (κ1) is 41.2. The Morgan fingerprint density at radius 2 is 0.743 bits per heavy atom. The number of fused-ring (bicyclic) bond motifs is 6. The highest BCUT2D eigenvalue weighted by Crippen LogP contribution is 2.60. The van der Waals surface area contributed by atoms with Crippen molar-refractivity contribution in [3.05, 3.63) is 307 Å². The largest absolute Gasteiger partial charge is 0.309 e. The van der Waals surface area contributed by atoms with Gasteiger partial charge in [0.25, 0.3) is 0 Å². The van der Waals surface area contributed by atoms with Gasteiger partial charge in [0.1, 0.15) is 0 Å². The topological polar surface area (TPSA) is 3.24 Å². The van der Waals surface area contributed by atoms with Gasteiger partial charge < -0.3 is 4.90 Å². The molecular weight excluding hydrogens is 843 g/mol. The third-order valence-electron chi connectivity index (χ3n) is 14.6. The SMILES string of the molecule is c1ccc(-c2ccccc2-c2c(-c3ccccc3)cccc2N(c2ccc(-c3ccc4c(ccc5ccccc54)c3)cc2)c2cccc3c2-c2ccccc2C3(c2ccccc2)c2ccccc2)cc1. The van der Waals surface area contributed by atoms with Crippen molar-refractivity contribution in [3.8, 4) is 55.6 Å². The summed E-state index contributed by atoms with van der Waals surface area (Å²) in [4.78, 5) is 2.54. The van der Waals surface area contributed by atoms with Crippen LogP contribution in [0.2, 0.25) is 0 Å². The molecule has 0 heterocycles. The fraction of sp³-hybridized carbons (Fsp3) is 0.0145. The minimum Gasteiger partial charge on any atom is -0.309 e. The van der Waals surface area contributed by atoms with E-state index in [0.717, 1.165) is 22.6 Å². The molecule has 1 heteroatoms. The van der Waals surface area contributed by atoms with Crippen LogP contribution in [-0.4, -0.2) is 0 Å². The van der Waals surface area contributed by atoms with E-state index in [-0.39, 0.29) is 0 Å². The summed E-state index contributed by atoms with van der Waals surface area (Å²) in [5.74, 6) is 0. The van der Waals surface area contributed by atoms with Crippen molar-refractivity contribution in [1.82, 2.24) is 0 Å². The van der Waals surface area contributed by atoms with E-state index in [9.17, 15) is 0 Å². The summed E-state index contributed by atoms with van der Waals surface area (Å²) in [7, 11) is 0. The second-order valence-corrected chi connectivity index (χ2v) is 18.3. The number of hydrogen-bond donors (Lipinski definition) is 0. The van der Waals surface area contributed by atoms with E-state index in [4.69, 9.17) is 0 Å². The molecule has 0 bridgehead atoms. The van der Waals surface area contributed by atoms with Crippen molar-refractivity contribution in [2.75, 3.05) is 4.90 Å². The summed E-state index contributed by atoms with van der Waals surface area (Å²) in [6.07, 6.45) is 0. The molecule has 12 aromatic rings. The molecule has 12 aromatic carbocycles. The number of rotatable bonds is 9. The van der Waals surface area contributed by atoms with Crippen LogP contribution in [0.15, 0.2) is 285 Å². The van der Waals surface area contributed by atoms with Gasteiger partial charge >= 0.3 is 0 Å². The zero-order valence-electron chi connectivity index (χ0n) is 38.6. The standard InChI is InChI=1S/C69H47N/c1-5-21-49(22-6-1)58-31-15-16-32-61(58)67-60(50-23-7-2-8-24-50)34-19-37-65(67)70(56-44-41-48(42-45-56)52-43-46-59-53(47-52)40-39-51-25-13-14-30-57(51)59)66-38-20-36-64-68(66)62-33-17-18-35-63(62)69(64,54-26-9-3-10-27-54)55-28-11-4-12-29-55/h1-47H. The lowest BCUT2D eigenvalue weighted by molar-refractivity contribution is 0.768. The monoisotopic (exact) mass is 889 g/mol. The number of benzene rings is 12. The van der Waals surface area contributed by atoms with Gasteiger partial charge in [0, 0.05) is 16.8 Å². The highest BCUT2D eigenvalue weighted by atomic mass is 15.1. The van der Waals surface area contributed by atoms with Crippen LogP contribution in [-0.2, 0) is 5.41 Å². The van der Waals surface area contributed by atoms with Gasteiger partial charge in [0.05, 0.1) is 16.8 Å². The van der Waals surface area contributed by atoms with E-state index in [2.05, 4.69) is 290 Å². The summed E-state index contributed by atoms with van der Waals surface area (Å²) in [5.41, 5.74) is 19.6. The molecule has 0 aromatic heterocycles. The number of hydrogen-bond acceptors (Lipinski definition) is 1. The van der Waals surface area contributed by atoms with E-state index < -0.39 is 5.41 Å². The Bertz CT molecular complexity index is 3820. The predicted molar refractivity (Wildman–Crippen MR) is 295 cm³/mol. The van der Waals surface area contributed by atoms with Gasteiger partial charge in [-0.15, -0.1) is 0 Å². The Labute approximate surface area is 409 Å². The van der Waals surface area contributed by atoms with Crippen LogP contribution in [0.3, 0.4) is 0 Å². The van der Waals surface area contributed by atoms with E-state index in [1.54, 1.807) is 0 Å². The normalized spacial score (nSPS) is 12.4. The lowest BCUT2D eigenvalue weighted by Gasteiger charge is -2.35. The molecule has 1 aliphatic rings. The van der Waals surface area contributed by atoms with Crippen molar-refractivity contribution in [2.24, 2.45) is 0 Å². The molecule has 0 amide bonds. The first-order valence-electron chi connectivity index (χ1n) is 24.3. The molecule has 13 rings (SSSR count).